The van der Waals surface area contributed by atoms with E-state index in [-0.39, 0.29) is 11.6 Å². The van der Waals surface area contributed by atoms with Crippen molar-refractivity contribution in [2.24, 2.45) is 0 Å². The summed E-state index contributed by atoms with van der Waals surface area (Å²) in [6, 6.07) is 19.5. The number of rotatable bonds is 3. The van der Waals surface area contributed by atoms with Gasteiger partial charge in [0.05, 0.1) is 0 Å². The van der Waals surface area contributed by atoms with Crippen molar-refractivity contribution in [2.45, 2.75) is 0 Å². The Morgan fingerprint density at radius 1 is 0.810 bits per heavy atom. The molecule has 0 aliphatic carbocycles. The standard InChI is InChI=1S/C19H13FO/c20-18-12-11-17(15-8-4-5-9-16(15)18)19(21)13-10-14-6-2-1-3-7-14/h1-13H/b13-10+. The Hall–Kier alpha value is -2.74. The molecule has 0 unspecified atom stereocenters. The molecule has 2 heteroatoms. The van der Waals surface area contributed by atoms with Gasteiger partial charge in [-0.2, -0.15) is 0 Å². The largest absolute Gasteiger partial charge is 0.289 e. The van der Waals surface area contributed by atoms with E-state index in [1.54, 1.807) is 30.3 Å². The molecule has 1 nitrogen and oxygen atoms in total. The minimum Gasteiger partial charge on any atom is -0.289 e. The molecule has 0 spiro atoms. The zero-order valence-electron chi connectivity index (χ0n) is 11.3. The van der Waals surface area contributed by atoms with Crippen LogP contribution in [-0.4, -0.2) is 5.78 Å². The molecule has 0 fully saturated rings. The van der Waals surface area contributed by atoms with E-state index in [9.17, 15) is 9.18 Å². The lowest BCUT2D eigenvalue weighted by Gasteiger charge is -2.04. The monoisotopic (exact) mass is 276 g/mol. The molecule has 0 N–H and O–H groups in total. The Bertz CT molecular complexity index is 819. The predicted octanol–water partition coefficient (Wildman–Crippen LogP) is 4.88. The molecule has 21 heavy (non-hydrogen) atoms. The second kappa shape index (κ2) is 5.71. The highest BCUT2D eigenvalue weighted by atomic mass is 19.1. The Morgan fingerprint density at radius 3 is 2.24 bits per heavy atom. The lowest BCUT2D eigenvalue weighted by molar-refractivity contribution is 0.104. The molecule has 102 valence electrons. The average molecular weight is 276 g/mol. The number of carbonyl (C=O) groups is 1. The van der Waals surface area contributed by atoms with Gasteiger partial charge in [-0.05, 0) is 29.2 Å². The number of fused-ring (bicyclic) bond motifs is 1. The van der Waals surface area contributed by atoms with Gasteiger partial charge in [-0.15, -0.1) is 0 Å². The maximum atomic E-state index is 13.8. The molecular weight excluding hydrogens is 263 g/mol. The highest BCUT2D eigenvalue weighted by Gasteiger charge is 2.09. The molecule has 0 saturated carbocycles. The van der Waals surface area contributed by atoms with Crippen LogP contribution in [0.4, 0.5) is 4.39 Å². The molecule has 0 heterocycles. The fourth-order valence-electron chi connectivity index (χ4n) is 2.30. The molecular formula is C19H13FO. The number of carbonyl (C=O) groups excluding carboxylic acids is 1. The van der Waals surface area contributed by atoms with Crippen LogP contribution in [-0.2, 0) is 0 Å². The molecule has 0 aromatic heterocycles. The van der Waals surface area contributed by atoms with Gasteiger partial charge in [-0.1, -0.05) is 60.7 Å². The lowest BCUT2D eigenvalue weighted by atomic mass is 10.0. The van der Waals surface area contributed by atoms with Crippen LogP contribution < -0.4 is 0 Å². The fraction of sp³-hybridized carbons (Fsp3) is 0. The number of hydrogen-bond donors (Lipinski definition) is 0. The molecule has 0 aliphatic heterocycles. The van der Waals surface area contributed by atoms with Crippen LogP contribution in [0.3, 0.4) is 0 Å². The van der Waals surface area contributed by atoms with Gasteiger partial charge in [0.25, 0.3) is 0 Å². The average Bonchev–Trinajstić information content (AvgIpc) is 2.54. The highest BCUT2D eigenvalue weighted by Crippen LogP contribution is 2.22. The van der Waals surface area contributed by atoms with Crippen LogP contribution in [0.2, 0.25) is 0 Å². The first-order valence-electron chi connectivity index (χ1n) is 6.70. The smallest absolute Gasteiger partial charge is 0.186 e. The Kier molecular flexibility index (Phi) is 3.61. The van der Waals surface area contributed by atoms with E-state index in [4.69, 9.17) is 0 Å². The molecule has 3 aromatic carbocycles. The maximum Gasteiger partial charge on any atom is 0.186 e. The van der Waals surface area contributed by atoms with Crippen LogP contribution in [0.1, 0.15) is 15.9 Å². The van der Waals surface area contributed by atoms with Gasteiger partial charge < -0.3 is 0 Å². The Morgan fingerprint density at radius 2 is 1.48 bits per heavy atom. The van der Waals surface area contributed by atoms with Crippen LogP contribution in [0, 0.1) is 5.82 Å². The van der Waals surface area contributed by atoms with E-state index >= 15 is 0 Å². The van der Waals surface area contributed by atoms with E-state index in [0.717, 1.165) is 5.56 Å². The van der Waals surface area contributed by atoms with Gasteiger partial charge in [-0.25, -0.2) is 4.39 Å². The normalized spacial score (nSPS) is 11.1. The second-order valence-electron chi connectivity index (χ2n) is 4.75. The minimum absolute atomic E-state index is 0.130. The van der Waals surface area contributed by atoms with Crippen LogP contribution in [0.25, 0.3) is 16.8 Å². The first kappa shape index (κ1) is 13.3. The van der Waals surface area contributed by atoms with Crippen molar-refractivity contribution in [1.82, 2.24) is 0 Å². The second-order valence-corrected chi connectivity index (χ2v) is 4.75. The lowest BCUT2D eigenvalue weighted by Crippen LogP contribution is -1.96. The minimum atomic E-state index is -0.311. The summed E-state index contributed by atoms with van der Waals surface area (Å²) >= 11 is 0. The third-order valence-corrected chi connectivity index (χ3v) is 3.36. The third kappa shape index (κ3) is 2.75. The Balaban J connectivity index is 1.99. The summed E-state index contributed by atoms with van der Waals surface area (Å²) in [4.78, 5) is 12.3. The summed E-state index contributed by atoms with van der Waals surface area (Å²) in [5.41, 5.74) is 1.47. The van der Waals surface area contributed by atoms with E-state index < -0.39 is 0 Å². The zero-order chi connectivity index (χ0) is 14.7. The van der Waals surface area contributed by atoms with Gasteiger partial charge in [0.15, 0.2) is 5.78 Å². The number of allylic oxidation sites excluding steroid dienone is 1. The van der Waals surface area contributed by atoms with Crippen molar-refractivity contribution < 1.29 is 9.18 Å². The summed E-state index contributed by atoms with van der Waals surface area (Å²) < 4.78 is 13.8. The molecule has 0 atom stereocenters. The zero-order valence-corrected chi connectivity index (χ0v) is 11.3. The SMILES string of the molecule is O=C(/C=C/c1ccccc1)c1ccc(F)c2ccccc12. The van der Waals surface area contributed by atoms with Crippen LogP contribution in [0.5, 0.6) is 0 Å². The van der Waals surface area contributed by atoms with Crippen molar-refractivity contribution in [3.8, 4) is 0 Å². The van der Waals surface area contributed by atoms with E-state index in [1.165, 1.54) is 18.2 Å². The molecule has 0 saturated heterocycles. The van der Waals surface area contributed by atoms with Crippen molar-refractivity contribution in [3.05, 3.63) is 89.8 Å². The quantitative estimate of drug-likeness (QED) is 0.492. The van der Waals surface area contributed by atoms with Gasteiger partial charge in [-0.3, -0.25) is 4.79 Å². The topological polar surface area (TPSA) is 17.1 Å². The van der Waals surface area contributed by atoms with Gasteiger partial charge in [0, 0.05) is 10.9 Å². The van der Waals surface area contributed by atoms with E-state index in [1.807, 2.05) is 30.3 Å². The molecule has 3 rings (SSSR count). The fourth-order valence-corrected chi connectivity index (χ4v) is 2.30. The van der Waals surface area contributed by atoms with Gasteiger partial charge in [0.2, 0.25) is 0 Å². The summed E-state index contributed by atoms with van der Waals surface area (Å²) in [5, 5.41) is 1.11. The molecule has 0 aliphatic rings. The van der Waals surface area contributed by atoms with E-state index in [0.29, 0.717) is 16.3 Å². The summed E-state index contributed by atoms with van der Waals surface area (Å²) in [5.74, 6) is -0.441. The molecule has 0 radical (unpaired) electrons. The van der Waals surface area contributed by atoms with Gasteiger partial charge in [0.1, 0.15) is 5.82 Å². The summed E-state index contributed by atoms with van der Waals surface area (Å²) in [7, 11) is 0. The first-order chi connectivity index (χ1) is 10.3. The third-order valence-electron chi connectivity index (χ3n) is 3.36. The number of ketones is 1. The number of benzene rings is 3. The van der Waals surface area contributed by atoms with E-state index in [2.05, 4.69) is 0 Å². The molecule has 3 aromatic rings. The Labute approximate surface area is 122 Å². The van der Waals surface area contributed by atoms with Crippen LogP contribution >= 0.6 is 0 Å². The number of halogens is 1. The molecule has 0 amide bonds. The first-order valence-corrected chi connectivity index (χ1v) is 6.70. The summed E-state index contributed by atoms with van der Waals surface area (Å²) in [6.45, 7) is 0. The van der Waals surface area contributed by atoms with Crippen molar-refractivity contribution in [3.63, 3.8) is 0 Å². The summed E-state index contributed by atoms with van der Waals surface area (Å²) in [6.07, 6.45) is 3.29. The van der Waals surface area contributed by atoms with Gasteiger partial charge >= 0.3 is 0 Å². The highest BCUT2D eigenvalue weighted by molar-refractivity contribution is 6.14. The molecule has 0 bridgehead atoms. The predicted molar refractivity (Wildman–Crippen MR) is 83.7 cm³/mol. The van der Waals surface area contributed by atoms with Crippen molar-refractivity contribution >= 4 is 22.6 Å². The van der Waals surface area contributed by atoms with Crippen LogP contribution in [0.15, 0.2) is 72.8 Å². The van der Waals surface area contributed by atoms with Crippen molar-refractivity contribution in [1.29, 1.82) is 0 Å². The van der Waals surface area contributed by atoms with Crippen molar-refractivity contribution in [2.75, 3.05) is 0 Å². The maximum absolute atomic E-state index is 13.8. The number of hydrogen-bond acceptors (Lipinski definition) is 1.